The fourth-order valence-corrected chi connectivity index (χ4v) is 2.50. The monoisotopic (exact) mass is 291 g/mol. The lowest BCUT2D eigenvalue weighted by molar-refractivity contribution is -0.153. The number of likely N-dealkylation sites (tertiary alicyclic amines) is 1. The van der Waals surface area contributed by atoms with Crippen LogP contribution >= 0.6 is 0 Å². The van der Waals surface area contributed by atoms with Crippen molar-refractivity contribution >= 4 is 11.9 Å². The number of nitrogens with zero attached hydrogens (tertiary/aromatic N) is 1. The zero-order chi connectivity index (χ0) is 15.5. The van der Waals surface area contributed by atoms with Gasteiger partial charge in [-0.15, -0.1) is 0 Å². The fraction of sp³-hybridized carbons (Fsp3) is 0.500. The van der Waals surface area contributed by atoms with Gasteiger partial charge in [-0.2, -0.15) is 0 Å². The van der Waals surface area contributed by atoms with E-state index in [4.69, 9.17) is 4.74 Å². The van der Waals surface area contributed by atoms with E-state index in [9.17, 15) is 14.7 Å². The van der Waals surface area contributed by atoms with Crippen LogP contribution in [0.4, 0.5) is 0 Å². The molecule has 1 aromatic rings. The van der Waals surface area contributed by atoms with E-state index in [0.29, 0.717) is 25.1 Å². The Kier molecular flexibility index (Phi) is 4.50. The van der Waals surface area contributed by atoms with Gasteiger partial charge in [-0.25, -0.2) is 0 Å². The minimum absolute atomic E-state index is 0.0568. The number of hydrogen-bond acceptors (Lipinski definition) is 3. The topological polar surface area (TPSA) is 66.8 Å². The van der Waals surface area contributed by atoms with Crippen LogP contribution in [0.5, 0.6) is 5.75 Å². The highest BCUT2D eigenvalue weighted by Crippen LogP contribution is 2.29. The van der Waals surface area contributed by atoms with Gasteiger partial charge in [0.25, 0.3) is 5.91 Å². The first kappa shape index (κ1) is 15.4. The largest absolute Gasteiger partial charge is 0.484 e. The summed E-state index contributed by atoms with van der Waals surface area (Å²) in [6.45, 7) is 4.46. The second kappa shape index (κ2) is 6.16. The molecule has 1 fully saturated rings. The van der Waals surface area contributed by atoms with Gasteiger partial charge in [-0.3, -0.25) is 9.59 Å². The van der Waals surface area contributed by atoms with E-state index >= 15 is 0 Å². The Morgan fingerprint density at radius 3 is 2.62 bits per heavy atom. The normalized spacial score (nSPS) is 21.9. The van der Waals surface area contributed by atoms with Gasteiger partial charge in [0, 0.05) is 13.1 Å². The number of carboxylic acid groups (broad SMARTS) is 1. The van der Waals surface area contributed by atoms with Crippen molar-refractivity contribution in [2.45, 2.75) is 26.7 Å². The maximum absolute atomic E-state index is 12.2. The lowest BCUT2D eigenvalue weighted by Crippen LogP contribution is -2.49. The summed E-state index contributed by atoms with van der Waals surface area (Å²) in [5.41, 5.74) is 0.277. The molecule has 0 spiro atoms. The lowest BCUT2D eigenvalue weighted by atomic mass is 9.82. The molecule has 1 amide bonds. The van der Waals surface area contributed by atoms with E-state index in [2.05, 4.69) is 0 Å². The van der Waals surface area contributed by atoms with Crippen molar-refractivity contribution in [2.24, 2.45) is 5.41 Å². The molecule has 2 rings (SSSR count). The van der Waals surface area contributed by atoms with E-state index in [1.165, 1.54) is 0 Å². The molecule has 114 valence electrons. The van der Waals surface area contributed by atoms with Gasteiger partial charge in [0.2, 0.25) is 0 Å². The Balaban J connectivity index is 1.91. The van der Waals surface area contributed by atoms with Gasteiger partial charge >= 0.3 is 5.97 Å². The van der Waals surface area contributed by atoms with Crippen LogP contribution in [0.3, 0.4) is 0 Å². The third-order valence-corrected chi connectivity index (χ3v) is 3.95. The molecular weight excluding hydrogens is 270 g/mol. The summed E-state index contributed by atoms with van der Waals surface area (Å²) in [5, 5.41) is 9.26. The average Bonchev–Trinajstić information content (AvgIpc) is 2.46. The van der Waals surface area contributed by atoms with E-state index in [0.717, 1.165) is 5.56 Å². The number of amides is 1. The Morgan fingerprint density at radius 2 is 2.00 bits per heavy atom. The van der Waals surface area contributed by atoms with Gasteiger partial charge in [-0.05, 0) is 38.8 Å². The predicted octanol–water partition coefficient (Wildman–Crippen LogP) is 2.09. The van der Waals surface area contributed by atoms with Gasteiger partial charge in [0.15, 0.2) is 6.61 Å². The van der Waals surface area contributed by atoms with Crippen LogP contribution in [0.25, 0.3) is 0 Å². The fourth-order valence-electron chi connectivity index (χ4n) is 2.50. The number of aryl methyl sites for hydroxylation is 1. The molecule has 0 saturated carbocycles. The van der Waals surface area contributed by atoms with Crippen molar-refractivity contribution in [3.63, 3.8) is 0 Å². The summed E-state index contributed by atoms with van der Waals surface area (Å²) in [7, 11) is 0. The Bertz CT molecular complexity index is 526. The van der Waals surface area contributed by atoms with Crippen LogP contribution in [-0.2, 0) is 9.59 Å². The van der Waals surface area contributed by atoms with Crippen LogP contribution < -0.4 is 4.74 Å². The maximum Gasteiger partial charge on any atom is 0.311 e. The minimum atomic E-state index is -0.849. The van der Waals surface area contributed by atoms with Crippen molar-refractivity contribution in [3.8, 4) is 5.75 Å². The predicted molar refractivity (Wildman–Crippen MR) is 78.2 cm³/mol. The van der Waals surface area contributed by atoms with Crippen molar-refractivity contribution < 1.29 is 19.4 Å². The van der Waals surface area contributed by atoms with E-state index < -0.39 is 11.4 Å². The molecule has 5 heteroatoms. The van der Waals surface area contributed by atoms with Crippen molar-refractivity contribution in [2.75, 3.05) is 19.7 Å². The molecule has 1 N–H and O–H groups in total. The molecular formula is C16H21NO4. The number of carboxylic acids is 1. The zero-order valence-electron chi connectivity index (χ0n) is 12.5. The van der Waals surface area contributed by atoms with Gasteiger partial charge in [-0.1, -0.05) is 17.7 Å². The van der Waals surface area contributed by atoms with Crippen LogP contribution in [-0.4, -0.2) is 41.6 Å². The Hall–Kier alpha value is -2.04. The first-order valence-corrected chi connectivity index (χ1v) is 7.11. The number of aliphatic carboxylic acids is 1. The number of benzene rings is 1. The summed E-state index contributed by atoms with van der Waals surface area (Å²) in [6.07, 6.45) is 1.31. The quantitative estimate of drug-likeness (QED) is 0.922. The molecule has 1 aromatic carbocycles. The van der Waals surface area contributed by atoms with Crippen LogP contribution in [0, 0.1) is 12.3 Å². The third-order valence-electron chi connectivity index (χ3n) is 3.95. The van der Waals surface area contributed by atoms with Gasteiger partial charge in [0.1, 0.15) is 5.75 Å². The molecule has 1 saturated heterocycles. The number of carbonyl (C=O) groups is 2. The first-order valence-electron chi connectivity index (χ1n) is 7.11. The highest BCUT2D eigenvalue weighted by atomic mass is 16.5. The van der Waals surface area contributed by atoms with Crippen LogP contribution in [0.15, 0.2) is 24.3 Å². The lowest BCUT2D eigenvalue weighted by Gasteiger charge is -2.37. The summed E-state index contributed by atoms with van der Waals surface area (Å²) in [6, 6.07) is 7.48. The van der Waals surface area contributed by atoms with Crippen LogP contribution in [0.1, 0.15) is 25.3 Å². The van der Waals surface area contributed by atoms with Crippen molar-refractivity contribution in [1.29, 1.82) is 0 Å². The van der Waals surface area contributed by atoms with E-state index in [1.807, 2.05) is 31.2 Å². The van der Waals surface area contributed by atoms with Crippen molar-refractivity contribution in [1.82, 2.24) is 4.90 Å². The number of hydrogen-bond donors (Lipinski definition) is 1. The zero-order valence-corrected chi connectivity index (χ0v) is 12.5. The average molecular weight is 291 g/mol. The molecule has 1 aliphatic heterocycles. The van der Waals surface area contributed by atoms with E-state index in [1.54, 1.807) is 11.8 Å². The molecule has 0 aliphatic carbocycles. The van der Waals surface area contributed by atoms with E-state index in [-0.39, 0.29) is 19.1 Å². The molecule has 0 radical (unpaired) electrons. The Morgan fingerprint density at radius 1 is 1.33 bits per heavy atom. The van der Waals surface area contributed by atoms with Gasteiger partial charge < -0.3 is 14.7 Å². The van der Waals surface area contributed by atoms with Crippen molar-refractivity contribution in [3.05, 3.63) is 29.8 Å². The molecule has 5 nitrogen and oxygen atoms in total. The second-order valence-corrected chi connectivity index (χ2v) is 5.89. The molecule has 0 aromatic heterocycles. The number of rotatable bonds is 4. The third kappa shape index (κ3) is 3.74. The number of piperidine rings is 1. The van der Waals surface area contributed by atoms with Gasteiger partial charge in [0.05, 0.1) is 5.41 Å². The summed E-state index contributed by atoms with van der Waals surface area (Å²) >= 11 is 0. The Labute approximate surface area is 124 Å². The molecule has 1 heterocycles. The molecule has 21 heavy (non-hydrogen) atoms. The summed E-state index contributed by atoms with van der Waals surface area (Å²) in [4.78, 5) is 25.0. The highest BCUT2D eigenvalue weighted by Gasteiger charge is 2.39. The summed E-state index contributed by atoms with van der Waals surface area (Å²) < 4.78 is 5.47. The van der Waals surface area contributed by atoms with Crippen LogP contribution in [0.2, 0.25) is 0 Å². The SMILES string of the molecule is Cc1ccc(OCC(=O)N2CCCC(C)(C(=O)O)C2)cc1. The standard InChI is InChI=1S/C16H21NO4/c1-12-4-6-13(7-5-12)21-10-14(18)17-9-3-8-16(2,11-17)15(19)20/h4-7H,3,8-11H2,1-2H3,(H,19,20). The molecule has 0 bridgehead atoms. The number of ether oxygens (including phenoxy) is 1. The molecule has 1 atom stereocenters. The molecule has 1 unspecified atom stereocenters. The first-order chi connectivity index (χ1) is 9.90. The highest BCUT2D eigenvalue weighted by molar-refractivity contribution is 5.80. The summed E-state index contributed by atoms with van der Waals surface area (Å²) in [5.74, 6) is -0.367. The minimum Gasteiger partial charge on any atom is -0.484 e. The maximum atomic E-state index is 12.2. The number of carbonyl (C=O) groups excluding carboxylic acids is 1. The smallest absolute Gasteiger partial charge is 0.311 e. The second-order valence-electron chi connectivity index (χ2n) is 5.89. The molecule has 1 aliphatic rings.